The highest BCUT2D eigenvalue weighted by Gasteiger charge is 2.21. The fourth-order valence-corrected chi connectivity index (χ4v) is 3.27. The van der Waals surface area contributed by atoms with Crippen LogP contribution in [0.5, 0.6) is 0 Å². The molecule has 1 saturated heterocycles. The van der Waals surface area contributed by atoms with E-state index in [0.717, 1.165) is 36.6 Å². The van der Waals surface area contributed by atoms with E-state index in [0.29, 0.717) is 5.92 Å². The van der Waals surface area contributed by atoms with Gasteiger partial charge >= 0.3 is 6.03 Å². The van der Waals surface area contributed by atoms with Gasteiger partial charge in [0, 0.05) is 25.8 Å². The predicted octanol–water partition coefficient (Wildman–Crippen LogP) is 1.78. The summed E-state index contributed by atoms with van der Waals surface area (Å²) in [7, 11) is 3.99. The molecular weight excluding hydrogens is 318 g/mol. The molecule has 25 heavy (non-hydrogen) atoms. The van der Waals surface area contributed by atoms with Crippen LogP contribution in [0.25, 0.3) is 5.69 Å². The molecule has 2 aromatic rings. The standard InChI is InChI=1S/C17H25N7O/c1-13-6-7-15(24-12-18-20-21-24)9-16(13)19-17(25)23(3)11-14-5-4-8-22(2)10-14/h6-7,9,12,14H,4-5,8,10-11H2,1-3H3,(H,19,25)/t14-/m0/s1. The zero-order valence-electron chi connectivity index (χ0n) is 15.0. The van der Waals surface area contributed by atoms with Crippen LogP contribution in [0.3, 0.4) is 0 Å². The van der Waals surface area contributed by atoms with Gasteiger partial charge in [-0.2, -0.15) is 0 Å². The van der Waals surface area contributed by atoms with Crippen LogP contribution in [-0.4, -0.2) is 69.8 Å². The molecule has 2 heterocycles. The number of carbonyl (C=O) groups excluding carboxylic acids is 1. The molecule has 0 radical (unpaired) electrons. The number of rotatable bonds is 4. The van der Waals surface area contributed by atoms with Crippen LogP contribution < -0.4 is 5.32 Å². The number of hydrogen-bond donors (Lipinski definition) is 1. The molecule has 1 aliphatic heterocycles. The second kappa shape index (κ2) is 7.60. The minimum atomic E-state index is -0.0924. The number of urea groups is 1. The van der Waals surface area contributed by atoms with Crippen molar-refractivity contribution in [2.75, 3.05) is 39.0 Å². The van der Waals surface area contributed by atoms with Gasteiger partial charge in [0.2, 0.25) is 0 Å². The van der Waals surface area contributed by atoms with Gasteiger partial charge in [0.05, 0.1) is 5.69 Å². The Morgan fingerprint density at radius 2 is 2.28 bits per heavy atom. The molecule has 0 aliphatic carbocycles. The van der Waals surface area contributed by atoms with Crippen LogP contribution in [0.1, 0.15) is 18.4 Å². The highest BCUT2D eigenvalue weighted by molar-refractivity contribution is 5.90. The van der Waals surface area contributed by atoms with E-state index in [1.165, 1.54) is 19.2 Å². The molecule has 8 nitrogen and oxygen atoms in total. The molecule has 1 fully saturated rings. The normalized spacial score (nSPS) is 18.1. The molecule has 8 heteroatoms. The third kappa shape index (κ3) is 4.33. The number of aromatic nitrogens is 4. The number of anilines is 1. The summed E-state index contributed by atoms with van der Waals surface area (Å²) in [4.78, 5) is 16.7. The zero-order valence-corrected chi connectivity index (χ0v) is 15.0. The van der Waals surface area contributed by atoms with Crippen LogP contribution in [-0.2, 0) is 0 Å². The quantitative estimate of drug-likeness (QED) is 0.915. The third-order valence-corrected chi connectivity index (χ3v) is 4.68. The van der Waals surface area contributed by atoms with Crippen molar-refractivity contribution in [2.45, 2.75) is 19.8 Å². The number of nitrogens with one attached hydrogen (secondary N) is 1. The Hall–Kier alpha value is -2.48. The highest BCUT2D eigenvalue weighted by Crippen LogP contribution is 2.20. The maximum Gasteiger partial charge on any atom is 0.321 e. The third-order valence-electron chi connectivity index (χ3n) is 4.68. The minimum Gasteiger partial charge on any atom is -0.327 e. The van der Waals surface area contributed by atoms with Crippen molar-refractivity contribution in [1.29, 1.82) is 0 Å². The summed E-state index contributed by atoms with van der Waals surface area (Å²) in [5.74, 6) is 0.531. The van der Waals surface area contributed by atoms with Gasteiger partial charge in [-0.1, -0.05) is 6.07 Å². The van der Waals surface area contributed by atoms with Crippen molar-refractivity contribution >= 4 is 11.7 Å². The molecule has 0 saturated carbocycles. The van der Waals surface area contributed by atoms with Gasteiger partial charge in [-0.3, -0.25) is 0 Å². The van der Waals surface area contributed by atoms with E-state index in [2.05, 4.69) is 32.8 Å². The molecule has 1 atom stereocenters. The number of likely N-dealkylation sites (tertiary alicyclic amines) is 1. The fourth-order valence-electron chi connectivity index (χ4n) is 3.27. The van der Waals surface area contributed by atoms with Gasteiger partial charge in [0.1, 0.15) is 6.33 Å². The summed E-state index contributed by atoms with van der Waals surface area (Å²) in [5, 5.41) is 14.2. The first kappa shape index (κ1) is 17.3. The zero-order chi connectivity index (χ0) is 17.8. The van der Waals surface area contributed by atoms with E-state index >= 15 is 0 Å². The Morgan fingerprint density at radius 3 is 3.00 bits per heavy atom. The van der Waals surface area contributed by atoms with Crippen molar-refractivity contribution in [1.82, 2.24) is 30.0 Å². The van der Waals surface area contributed by atoms with Gasteiger partial charge in [0.25, 0.3) is 0 Å². The van der Waals surface area contributed by atoms with Gasteiger partial charge in [-0.15, -0.1) is 5.10 Å². The number of tetrazole rings is 1. The van der Waals surface area contributed by atoms with E-state index in [-0.39, 0.29) is 6.03 Å². The smallest absolute Gasteiger partial charge is 0.321 e. The van der Waals surface area contributed by atoms with E-state index < -0.39 is 0 Å². The first-order valence-corrected chi connectivity index (χ1v) is 8.57. The number of hydrogen-bond acceptors (Lipinski definition) is 5. The van der Waals surface area contributed by atoms with Crippen LogP contribution in [0.2, 0.25) is 0 Å². The molecule has 0 bridgehead atoms. The predicted molar refractivity (Wildman–Crippen MR) is 95.8 cm³/mol. The Kier molecular flexibility index (Phi) is 5.28. The summed E-state index contributed by atoms with van der Waals surface area (Å²) >= 11 is 0. The van der Waals surface area contributed by atoms with E-state index in [4.69, 9.17) is 0 Å². The highest BCUT2D eigenvalue weighted by atomic mass is 16.2. The molecule has 3 rings (SSSR count). The van der Waals surface area contributed by atoms with E-state index in [9.17, 15) is 4.79 Å². The van der Waals surface area contributed by atoms with Gasteiger partial charge < -0.3 is 15.1 Å². The molecule has 1 aromatic carbocycles. The lowest BCUT2D eigenvalue weighted by molar-refractivity contribution is 0.170. The van der Waals surface area contributed by atoms with Crippen LogP contribution in [0, 0.1) is 12.8 Å². The SMILES string of the molecule is Cc1ccc(-n2cnnn2)cc1NC(=O)N(C)C[C@H]1CCCN(C)C1. The van der Waals surface area contributed by atoms with Gasteiger partial charge in [0.15, 0.2) is 0 Å². The molecule has 0 unspecified atom stereocenters. The summed E-state index contributed by atoms with van der Waals surface area (Å²) < 4.78 is 1.57. The number of amides is 2. The maximum absolute atomic E-state index is 12.6. The van der Waals surface area contributed by atoms with Gasteiger partial charge in [-0.25, -0.2) is 9.48 Å². The first-order valence-electron chi connectivity index (χ1n) is 8.57. The number of benzene rings is 1. The molecule has 0 spiro atoms. The van der Waals surface area contributed by atoms with E-state index in [1.54, 1.807) is 9.58 Å². The summed E-state index contributed by atoms with van der Waals surface area (Å²) in [5.41, 5.74) is 2.57. The fraction of sp³-hybridized carbons (Fsp3) is 0.529. The molecule has 134 valence electrons. The topological polar surface area (TPSA) is 79.2 Å². The molecule has 1 aliphatic rings. The van der Waals surface area contributed by atoms with Gasteiger partial charge in [-0.05, 0) is 67.4 Å². The van der Waals surface area contributed by atoms with Crippen molar-refractivity contribution in [3.63, 3.8) is 0 Å². The number of aryl methyl sites for hydroxylation is 1. The minimum absolute atomic E-state index is 0.0924. The van der Waals surface area contributed by atoms with Crippen molar-refractivity contribution in [3.05, 3.63) is 30.1 Å². The second-order valence-electron chi connectivity index (χ2n) is 6.83. The summed E-state index contributed by atoms with van der Waals surface area (Å²) in [6.07, 6.45) is 3.90. The van der Waals surface area contributed by atoms with E-state index in [1.807, 2.05) is 32.2 Å². The lowest BCUT2D eigenvalue weighted by Gasteiger charge is -2.32. The number of nitrogens with zero attached hydrogens (tertiary/aromatic N) is 6. The Balaban J connectivity index is 1.64. The largest absolute Gasteiger partial charge is 0.327 e. The van der Waals surface area contributed by atoms with Crippen LogP contribution in [0.15, 0.2) is 24.5 Å². The molecule has 2 amide bonds. The molecular formula is C17H25N7O. The average molecular weight is 343 g/mol. The lowest BCUT2D eigenvalue weighted by Crippen LogP contribution is -2.41. The summed E-state index contributed by atoms with van der Waals surface area (Å²) in [6.45, 7) is 4.93. The molecule has 1 N–H and O–H groups in total. The summed E-state index contributed by atoms with van der Waals surface area (Å²) in [6, 6.07) is 5.66. The van der Waals surface area contributed by atoms with Crippen LogP contribution >= 0.6 is 0 Å². The monoisotopic (exact) mass is 343 g/mol. The Labute approximate surface area is 147 Å². The van der Waals surface area contributed by atoms with Crippen molar-refractivity contribution in [3.8, 4) is 5.69 Å². The maximum atomic E-state index is 12.6. The Morgan fingerprint density at radius 1 is 1.44 bits per heavy atom. The Bertz CT molecular complexity index is 716. The number of carbonyl (C=O) groups is 1. The average Bonchev–Trinajstić information content (AvgIpc) is 3.11. The molecule has 1 aromatic heterocycles. The van der Waals surface area contributed by atoms with Crippen molar-refractivity contribution < 1.29 is 4.79 Å². The second-order valence-corrected chi connectivity index (χ2v) is 6.83. The number of piperidine rings is 1. The first-order chi connectivity index (χ1) is 12.0. The van der Waals surface area contributed by atoms with Crippen molar-refractivity contribution in [2.24, 2.45) is 5.92 Å². The van der Waals surface area contributed by atoms with Crippen LogP contribution in [0.4, 0.5) is 10.5 Å². The lowest BCUT2D eigenvalue weighted by atomic mass is 9.98.